The van der Waals surface area contributed by atoms with Crippen molar-refractivity contribution in [2.45, 2.75) is 69.5 Å². The van der Waals surface area contributed by atoms with Gasteiger partial charge in [-0.05, 0) is 62.4 Å². The molecule has 256 valence electrons. The number of carbonyl (C=O) groups is 2. The number of fused-ring (bicyclic) bond motifs is 6. The van der Waals surface area contributed by atoms with Gasteiger partial charge in [-0.1, -0.05) is 6.07 Å². The quantitative estimate of drug-likeness (QED) is 0.243. The Labute approximate surface area is 283 Å². The number of aromatic nitrogens is 1. The highest BCUT2D eigenvalue weighted by molar-refractivity contribution is 7.90. The van der Waals surface area contributed by atoms with Crippen LogP contribution in [0.1, 0.15) is 50.3 Å². The first-order valence-corrected chi connectivity index (χ1v) is 18.2. The largest absolute Gasteiger partial charge is 0.465 e. The Bertz CT molecular complexity index is 2250. The summed E-state index contributed by atoms with van der Waals surface area (Å²) in [6.45, 7) is 5.42. The second-order valence-electron chi connectivity index (χ2n) is 13.4. The summed E-state index contributed by atoms with van der Waals surface area (Å²) in [7, 11) is -3.96. The van der Waals surface area contributed by atoms with Crippen LogP contribution in [-0.2, 0) is 32.5 Å². The van der Waals surface area contributed by atoms with E-state index < -0.39 is 39.3 Å². The van der Waals surface area contributed by atoms with Gasteiger partial charge in [0.15, 0.2) is 20.7 Å². The number of carboxylic acid groups (broad SMARTS) is 1. The van der Waals surface area contributed by atoms with Crippen LogP contribution in [0.15, 0.2) is 23.2 Å². The van der Waals surface area contributed by atoms with Gasteiger partial charge in [-0.2, -0.15) is 5.26 Å². The first-order chi connectivity index (χ1) is 23.1. The first-order valence-electron chi connectivity index (χ1n) is 15.4. The number of anilines is 2. The molecule has 0 aliphatic carbocycles. The van der Waals surface area contributed by atoms with Crippen LogP contribution in [0.3, 0.4) is 0 Å². The lowest BCUT2D eigenvalue weighted by Crippen LogP contribution is -2.55. The summed E-state index contributed by atoms with van der Waals surface area (Å²) in [5.74, 6) is -1.57. The molecule has 2 aromatic heterocycles. The fraction of sp³-hybridized carbons (Fsp3) is 0.394. The molecule has 5 heterocycles. The van der Waals surface area contributed by atoms with Crippen molar-refractivity contribution < 1.29 is 41.4 Å². The molecule has 2 fully saturated rings. The van der Waals surface area contributed by atoms with Gasteiger partial charge in [0, 0.05) is 47.8 Å². The zero-order valence-corrected chi connectivity index (χ0v) is 28.5. The Balaban J connectivity index is 1.48. The van der Waals surface area contributed by atoms with E-state index in [2.05, 4.69) is 10.3 Å². The summed E-state index contributed by atoms with van der Waals surface area (Å²) in [4.78, 5) is 32.2. The third-order valence-corrected chi connectivity index (χ3v) is 11.1. The second-order valence-corrected chi connectivity index (χ2v) is 16.4. The standard InChI is InChI=1S/C33H31F2N5O7S2/c1-33(2,3)47-31(41)38-30-18(10-36)25-17(7-8-21(34)29(25)48-30)24-19-13-46-14-20(19)26-22(9-23(49(4,44)45)37-28(26)27(24)35)40-15-5-6-16(40)12-39(11-15)32(42)43/h7-9,15-16H,5-6,11-14H2,1-4H3,(H,38,41)(H,42,43). The van der Waals surface area contributed by atoms with Crippen molar-refractivity contribution in [1.29, 1.82) is 5.26 Å². The van der Waals surface area contributed by atoms with Gasteiger partial charge in [-0.25, -0.2) is 31.8 Å². The lowest BCUT2D eigenvalue weighted by Gasteiger charge is -2.42. The van der Waals surface area contributed by atoms with Gasteiger partial charge in [-0.15, -0.1) is 11.3 Å². The van der Waals surface area contributed by atoms with Crippen LogP contribution in [0.25, 0.3) is 32.1 Å². The number of hydrogen-bond acceptors (Lipinski definition) is 10. The summed E-state index contributed by atoms with van der Waals surface area (Å²) in [5, 5.41) is 22.6. The zero-order chi connectivity index (χ0) is 35.2. The van der Waals surface area contributed by atoms with Gasteiger partial charge < -0.3 is 24.4 Å². The number of sulfone groups is 1. The number of hydrogen-bond donors (Lipinski definition) is 2. The molecular formula is C33H31F2N5O7S2. The van der Waals surface area contributed by atoms with E-state index >= 15 is 8.78 Å². The number of amides is 2. The van der Waals surface area contributed by atoms with Gasteiger partial charge >= 0.3 is 12.2 Å². The van der Waals surface area contributed by atoms with Crippen molar-refractivity contribution >= 4 is 65.0 Å². The maximum absolute atomic E-state index is 17.3. The fourth-order valence-corrected chi connectivity index (χ4v) is 8.84. The third-order valence-electron chi connectivity index (χ3n) is 9.06. The average molecular weight is 712 g/mol. The maximum atomic E-state index is 17.3. The summed E-state index contributed by atoms with van der Waals surface area (Å²) in [6.07, 6.45) is 0.400. The van der Waals surface area contributed by atoms with Crippen LogP contribution < -0.4 is 10.2 Å². The summed E-state index contributed by atoms with van der Waals surface area (Å²) in [5.41, 5.74) is 0.357. The second kappa shape index (κ2) is 11.5. The first kappa shape index (κ1) is 32.9. The Hall–Kier alpha value is -4.59. The molecule has 2 aromatic carbocycles. The molecule has 2 N–H and O–H groups in total. The Morgan fingerprint density at radius 1 is 1.14 bits per heavy atom. The minimum atomic E-state index is -3.96. The smallest absolute Gasteiger partial charge is 0.412 e. The molecule has 2 unspecified atom stereocenters. The van der Waals surface area contributed by atoms with E-state index in [1.54, 1.807) is 20.8 Å². The number of halogens is 2. The lowest BCUT2D eigenvalue weighted by atomic mass is 9.89. The number of carbonyl (C=O) groups excluding carboxylic acids is 1. The van der Waals surface area contributed by atoms with Crippen molar-refractivity contribution in [1.82, 2.24) is 9.88 Å². The normalized spacial score (nSPS) is 19.0. The van der Waals surface area contributed by atoms with Gasteiger partial charge in [0.25, 0.3) is 0 Å². The van der Waals surface area contributed by atoms with Gasteiger partial charge in [0.1, 0.15) is 28.0 Å². The number of benzene rings is 2. The van der Waals surface area contributed by atoms with Crippen LogP contribution in [0, 0.1) is 23.0 Å². The van der Waals surface area contributed by atoms with Crippen LogP contribution in [0.2, 0.25) is 0 Å². The number of likely N-dealkylation sites (tertiary alicyclic amines) is 1. The van der Waals surface area contributed by atoms with Crippen molar-refractivity contribution in [3.63, 3.8) is 0 Å². The molecule has 49 heavy (non-hydrogen) atoms. The molecular weight excluding hydrogens is 681 g/mol. The van der Waals surface area contributed by atoms with Gasteiger partial charge in [-0.3, -0.25) is 5.32 Å². The van der Waals surface area contributed by atoms with Gasteiger partial charge in [0.2, 0.25) is 0 Å². The minimum Gasteiger partial charge on any atom is -0.465 e. The molecule has 3 aliphatic heterocycles. The van der Waals surface area contributed by atoms with Crippen LogP contribution in [0.5, 0.6) is 0 Å². The number of nitrogens with zero attached hydrogens (tertiary/aromatic N) is 4. The summed E-state index contributed by atoms with van der Waals surface area (Å²) >= 11 is 0.807. The molecule has 0 radical (unpaired) electrons. The molecule has 0 saturated carbocycles. The number of nitrogens with one attached hydrogen (secondary N) is 1. The molecule has 0 spiro atoms. The number of ether oxygens (including phenoxy) is 2. The monoisotopic (exact) mass is 711 g/mol. The van der Waals surface area contributed by atoms with E-state index in [1.165, 1.54) is 17.0 Å². The van der Waals surface area contributed by atoms with Crippen LogP contribution in [0.4, 0.5) is 29.1 Å². The molecule has 2 saturated heterocycles. The predicted molar refractivity (Wildman–Crippen MR) is 178 cm³/mol. The number of thiophene rings is 1. The fourth-order valence-electron chi connectivity index (χ4n) is 7.19. The highest BCUT2D eigenvalue weighted by Gasteiger charge is 2.43. The Morgan fingerprint density at radius 3 is 2.43 bits per heavy atom. The Kier molecular flexibility index (Phi) is 7.73. The molecule has 16 heteroatoms. The summed E-state index contributed by atoms with van der Waals surface area (Å²) in [6, 6.07) is 5.40. The highest BCUT2D eigenvalue weighted by Crippen LogP contribution is 2.49. The van der Waals surface area contributed by atoms with Crippen LogP contribution >= 0.6 is 11.3 Å². The van der Waals surface area contributed by atoms with Crippen molar-refractivity contribution in [2.75, 3.05) is 29.6 Å². The molecule has 4 aromatic rings. The van der Waals surface area contributed by atoms with Crippen molar-refractivity contribution in [3.05, 3.63) is 46.5 Å². The maximum Gasteiger partial charge on any atom is 0.412 e. The highest BCUT2D eigenvalue weighted by atomic mass is 32.2. The van der Waals surface area contributed by atoms with E-state index in [9.17, 15) is 28.4 Å². The van der Waals surface area contributed by atoms with Crippen molar-refractivity contribution in [3.8, 4) is 17.2 Å². The number of rotatable bonds is 4. The minimum absolute atomic E-state index is 0.00122. The number of nitriles is 1. The number of pyridine rings is 1. The van der Waals surface area contributed by atoms with E-state index in [4.69, 9.17) is 9.47 Å². The predicted octanol–water partition coefficient (Wildman–Crippen LogP) is 6.38. The molecule has 2 amide bonds. The summed E-state index contributed by atoms with van der Waals surface area (Å²) < 4.78 is 69.8. The molecule has 12 nitrogen and oxygen atoms in total. The van der Waals surface area contributed by atoms with E-state index in [1.807, 2.05) is 11.0 Å². The SMILES string of the molecule is CC(C)(C)OC(=O)Nc1sc2c(F)ccc(-c3c4c(c5c(N6C7CCC6CN(C(=O)O)C7)cc(S(C)(=O)=O)nc5c3F)COC4)c2c1C#N. The van der Waals surface area contributed by atoms with E-state index in [0.29, 0.717) is 35.0 Å². The average Bonchev–Trinajstić information content (AvgIpc) is 3.70. The van der Waals surface area contributed by atoms with E-state index in [-0.39, 0.29) is 80.7 Å². The molecule has 2 atom stereocenters. The zero-order valence-electron chi connectivity index (χ0n) is 26.9. The third kappa shape index (κ3) is 5.49. The van der Waals surface area contributed by atoms with E-state index in [0.717, 1.165) is 23.7 Å². The lowest BCUT2D eigenvalue weighted by molar-refractivity contribution is 0.0636. The topological polar surface area (TPSA) is 162 Å². The molecule has 3 aliphatic rings. The van der Waals surface area contributed by atoms with Crippen LogP contribution in [-0.4, -0.2) is 72.6 Å². The number of piperazine rings is 1. The Morgan fingerprint density at radius 2 is 1.82 bits per heavy atom. The molecule has 7 rings (SSSR count). The molecule has 2 bridgehead atoms. The van der Waals surface area contributed by atoms with Gasteiger partial charge in [0.05, 0.1) is 29.2 Å². The van der Waals surface area contributed by atoms with Crippen molar-refractivity contribution in [2.24, 2.45) is 0 Å².